The van der Waals surface area contributed by atoms with Gasteiger partial charge in [-0.3, -0.25) is 0 Å². The van der Waals surface area contributed by atoms with E-state index in [9.17, 15) is 17.6 Å². The summed E-state index contributed by atoms with van der Waals surface area (Å²) < 4.78 is 51.0. The van der Waals surface area contributed by atoms with Gasteiger partial charge in [0.25, 0.3) is 0 Å². The Labute approximate surface area is 111 Å². The van der Waals surface area contributed by atoms with Gasteiger partial charge in [-0.25, -0.2) is 9.37 Å². The number of nitrogens with zero attached hydrogens (tertiary/aromatic N) is 1. The van der Waals surface area contributed by atoms with Crippen LogP contribution >= 0.6 is 12.2 Å². The molecule has 1 heterocycles. The van der Waals surface area contributed by atoms with Crippen LogP contribution in [0.4, 0.5) is 17.6 Å². The maximum absolute atomic E-state index is 13.4. The van der Waals surface area contributed by atoms with Crippen LogP contribution in [0.2, 0.25) is 0 Å². The summed E-state index contributed by atoms with van der Waals surface area (Å²) in [6.07, 6.45) is -4.56. The number of benzene rings is 1. The number of hydrogen-bond acceptors (Lipinski definition) is 2. The van der Waals surface area contributed by atoms with Gasteiger partial charge in [0, 0.05) is 5.56 Å². The number of aromatic amines is 1. The molecule has 100 valence electrons. The molecule has 0 unspecified atom stereocenters. The highest BCUT2D eigenvalue weighted by Crippen LogP contribution is 2.30. The van der Waals surface area contributed by atoms with Crippen molar-refractivity contribution in [2.45, 2.75) is 13.1 Å². The lowest BCUT2D eigenvalue weighted by molar-refractivity contribution is -0.141. The van der Waals surface area contributed by atoms with E-state index in [4.69, 9.17) is 0 Å². The van der Waals surface area contributed by atoms with E-state index in [-0.39, 0.29) is 16.0 Å². The molecule has 1 aromatic heterocycles. The van der Waals surface area contributed by atoms with Crippen LogP contribution in [0.5, 0.6) is 0 Å². The lowest BCUT2D eigenvalue weighted by Crippen LogP contribution is -2.09. The van der Waals surface area contributed by atoms with Crippen LogP contribution in [-0.4, -0.2) is 9.97 Å². The van der Waals surface area contributed by atoms with Gasteiger partial charge in [0.15, 0.2) is 4.77 Å². The molecule has 0 aliphatic carbocycles. The van der Waals surface area contributed by atoms with E-state index in [2.05, 4.69) is 17.2 Å². The first-order chi connectivity index (χ1) is 8.77. The minimum Gasteiger partial charge on any atom is -0.327 e. The third kappa shape index (κ3) is 2.98. The summed E-state index contributed by atoms with van der Waals surface area (Å²) in [6, 6.07) is 4.90. The van der Waals surface area contributed by atoms with E-state index in [0.717, 1.165) is 12.1 Å². The van der Waals surface area contributed by atoms with Gasteiger partial charge in [0.05, 0.1) is 5.69 Å². The number of halogens is 4. The molecule has 19 heavy (non-hydrogen) atoms. The maximum Gasteiger partial charge on any atom is 0.431 e. The fourth-order valence-electron chi connectivity index (χ4n) is 1.51. The SMILES string of the molecule is Cc1ccc(-c2cc(C(F)(F)F)[nH]c(=S)n2)cc1F. The number of alkyl halides is 3. The van der Waals surface area contributed by atoms with E-state index in [1.165, 1.54) is 12.1 Å². The molecule has 0 saturated heterocycles. The molecule has 0 spiro atoms. The fourth-order valence-corrected chi connectivity index (χ4v) is 1.72. The van der Waals surface area contributed by atoms with Crippen LogP contribution in [0.3, 0.4) is 0 Å². The van der Waals surface area contributed by atoms with Crippen LogP contribution in [0, 0.1) is 17.5 Å². The topological polar surface area (TPSA) is 28.7 Å². The number of nitrogens with one attached hydrogen (secondary N) is 1. The Morgan fingerprint density at radius 2 is 1.89 bits per heavy atom. The molecule has 0 radical (unpaired) electrons. The first-order valence-corrected chi connectivity index (χ1v) is 5.63. The van der Waals surface area contributed by atoms with Crippen molar-refractivity contribution < 1.29 is 17.6 Å². The Bertz CT molecular complexity index is 676. The number of aryl methyl sites for hydroxylation is 1. The Hall–Kier alpha value is -1.76. The highest BCUT2D eigenvalue weighted by molar-refractivity contribution is 7.71. The highest BCUT2D eigenvalue weighted by Gasteiger charge is 2.32. The molecular formula is C12H8F4N2S. The molecule has 0 amide bonds. The Balaban J connectivity index is 2.59. The fraction of sp³-hybridized carbons (Fsp3) is 0.167. The summed E-state index contributed by atoms with van der Waals surface area (Å²) in [5, 5.41) is 0. The van der Waals surface area contributed by atoms with Gasteiger partial charge in [-0.05, 0) is 36.8 Å². The van der Waals surface area contributed by atoms with Crippen molar-refractivity contribution in [3.05, 3.63) is 46.1 Å². The van der Waals surface area contributed by atoms with Crippen LogP contribution in [-0.2, 0) is 6.18 Å². The van der Waals surface area contributed by atoms with E-state index in [0.29, 0.717) is 5.56 Å². The predicted octanol–water partition coefficient (Wildman–Crippen LogP) is 4.27. The molecule has 1 aromatic carbocycles. The van der Waals surface area contributed by atoms with Crippen LogP contribution in [0.1, 0.15) is 11.3 Å². The maximum atomic E-state index is 13.4. The molecule has 1 N–H and O–H groups in total. The van der Waals surface area contributed by atoms with E-state index < -0.39 is 17.7 Å². The van der Waals surface area contributed by atoms with E-state index >= 15 is 0 Å². The van der Waals surface area contributed by atoms with Gasteiger partial charge in [0.1, 0.15) is 11.5 Å². The first-order valence-electron chi connectivity index (χ1n) is 5.22. The zero-order chi connectivity index (χ0) is 14.2. The lowest BCUT2D eigenvalue weighted by atomic mass is 10.1. The normalized spacial score (nSPS) is 11.6. The summed E-state index contributed by atoms with van der Waals surface area (Å²) in [5.74, 6) is -0.508. The van der Waals surface area contributed by atoms with Gasteiger partial charge < -0.3 is 4.98 Å². The molecule has 7 heteroatoms. The summed E-state index contributed by atoms with van der Waals surface area (Å²) in [7, 11) is 0. The summed E-state index contributed by atoms with van der Waals surface area (Å²) in [6.45, 7) is 1.56. The molecule has 2 rings (SSSR count). The van der Waals surface area contributed by atoms with Gasteiger partial charge in [-0.15, -0.1) is 0 Å². The molecule has 0 aliphatic rings. The van der Waals surface area contributed by atoms with E-state index in [1.807, 2.05) is 4.98 Å². The average molecular weight is 288 g/mol. The summed E-state index contributed by atoms with van der Waals surface area (Å²) in [5.41, 5.74) is -0.381. The molecular weight excluding hydrogens is 280 g/mol. The molecule has 0 bridgehead atoms. The Morgan fingerprint density at radius 3 is 2.47 bits per heavy atom. The Morgan fingerprint density at radius 1 is 1.21 bits per heavy atom. The lowest BCUT2D eigenvalue weighted by Gasteiger charge is -2.09. The minimum absolute atomic E-state index is 0.0185. The first kappa shape index (κ1) is 13.7. The molecule has 0 atom stereocenters. The minimum atomic E-state index is -4.56. The second-order valence-electron chi connectivity index (χ2n) is 3.95. The van der Waals surface area contributed by atoms with Crippen molar-refractivity contribution in [2.75, 3.05) is 0 Å². The largest absolute Gasteiger partial charge is 0.431 e. The molecule has 0 aliphatic heterocycles. The van der Waals surface area contributed by atoms with Gasteiger partial charge >= 0.3 is 6.18 Å². The van der Waals surface area contributed by atoms with Gasteiger partial charge in [0.2, 0.25) is 0 Å². The van der Waals surface area contributed by atoms with Crippen molar-refractivity contribution >= 4 is 12.2 Å². The zero-order valence-electron chi connectivity index (χ0n) is 9.68. The molecule has 2 aromatic rings. The van der Waals surface area contributed by atoms with Crippen molar-refractivity contribution in [1.82, 2.24) is 9.97 Å². The molecule has 2 nitrogen and oxygen atoms in total. The van der Waals surface area contributed by atoms with Crippen molar-refractivity contribution in [3.63, 3.8) is 0 Å². The monoisotopic (exact) mass is 288 g/mol. The third-order valence-corrected chi connectivity index (χ3v) is 2.71. The second-order valence-corrected chi connectivity index (χ2v) is 4.33. The van der Waals surface area contributed by atoms with Crippen molar-refractivity contribution in [1.29, 1.82) is 0 Å². The van der Waals surface area contributed by atoms with E-state index in [1.54, 1.807) is 6.92 Å². The molecule has 0 fully saturated rings. The standard InChI is InChI=1S/C12H8F4N2S/c1-6-2-3-7(4-8(6)13)9-5-10(12(14,15)16)18-11(19)17-9/h2-5H,1H3,(H,17,18,19). The number of H-pyrrole nitrogens is 1. The summed E-state index contributed by atoms with van der Waals surface area (Å²) >= 11 is 4.65. The number of aromatic nitrogens is 2. The van der Waals surface area contributed by atoms with Gasteiger partial charge in [-0.2, -0.15) is 13.2 Å². The van der Waals surface area contributed by atoms with Crippen molar-refractivity contribution in [3.8, 4) is 11.3 Å². The predicted molar refractivity (Wildman–Crippen MR) is 64.6 cm³/mol. The number of rotatable bonds is 1. The van der Waals surface area contributed by atoms with Gasteiger partial charge in [-0.1, -0.05) is 12.1 Å². The van der Waals surface area contributed by atoms with Crippen LogP contribution in [0.15, 0.2) is 24.3 Å². The smallest absolute Gasteiger partial charge is 0.327 e. The quantitative estimate of drug-likeness (QED) is 0.627. The highest BCUT2D eigenvalue weighted by atomic mass is 32.1. The molecule has 0 saturated carbocycles. The zero-order valence-corrected chi connectivity index (χ0v) is 10.5. The average Bonchev–Trinajstić information content (AvgIpc) is 2.31. The van der Waals surface area contributed by atoms with Crippen LogP contribution in [0.25, 0.3) is 11.3 Å². The summed E-state index contributed by atoms with van der Waals surface area (Å²) in [4.78, 5) is 5.75. The second kappa shape index (κ2) is 4.73. The van der Waals surface area contributed by atoms with Crippen LogP contribution < -0.4 is 0 Å². The Kier molecular flexibility index (Phi) is 3.40. The number of hydrogen-bond donors (Lipinski definition) is 1. The van der Waals surface area contributed by atoms with Crippen molar-refractivity contribution in [2.24, 2.45) is 0 Å². The third-order valence-electron chi connectivity index (χ3n) is 2.52.